The summed E-state index contributed by atoms with van der Waals surface area (Å²) in [6, 6.07) is 0. The third kappa shape index (κ3) is 3.09. The molecule has 0 radical (unpaired) electrons. The van der Waals surface area contributed by atoms with Gasteiger partial charge in [-0.05, 0) is 19.8 Å². The summed E-state index contributed by atoms with van der Waals surface area (Å²) in [4.78, 5) is 18.3. The topological polar surface area (TPSA) is 47.4 Å². The Morgan fingerprint density at radius 3 is 3.00 bits per heavy atom. The molecular formula is C13H20ClN3O2. The highest BCUT2D eigenvalue weighted by Crippen LogP contribution is 2.23. The van der Waals surface area contributed by atoms with Crippen LogP contribution in [0.25, 0.3) is 0 Å². The zero-order valence-electron chi connectivity index (χ0n) is 11.6. The van der Waals surface area contributed by atoms with Crippen molar-refractivity contribution in [1.29, 1.82) is 0 Å². The first-order valence-electron chi connectivity index (χ1n) is 6.53. The molecule has 6 heteroatoms. The molecule has 1 saturated heterocycles. The molecule has 1 aromatic rings. The van der Waals surface area contributed by atoms with Crippen molar-refractivity contribution in [3.05, 3.63) is 17.2 Å². The number of nitrogens with zero attached hydrogens (tertiary/aromatic N) is 3. The summed E-state index contributed by atoms with van der Waals surface area (Å²) in [5, 5.41) is 0.574. The number of amides is 1. The maximum atomic E-state index is 12.4. The third-order valence-corrected chi connectivity index (χ3v) is 4.06. The minimum absolute atomic E-state index is 0.00587. The standard InChI is InChI=1S/C13H20ClN3O2/c1-9-10(5-4-6-19-9)13(18)16(2)8-12-15-7-11(14)17(12)3/h7,9-10H,4-6,8H2,1-3H3. The van der Waals surface area contributed by atoms with Gasteiger partial charge in [-0.25, -0.2) is 4.98 Å². The van der Waals surface area contributed by atoms with E-state index in [1.807, 2.05) is 14.0 Å². The first-order valence-corrected chi connectivity index (χ1v) is 6.91. The molecule has 0 aromatic carbocycles. The van der Waals surface area contributed by atoms with Crippen LogP contribution < -0.4 is 0 Å². The quantitative estimate of drug-likeness (QED) is 0.851. The lowest BCUT2D eigenvalue weighted by Gasteiger charge is -2.31. The summed E-state index contributed by atoms with van der Waals surface area (Å²) in [6.45, 7) is 3.18. The van der Waals surface area contributed by atoms with Crippen LogP contribution in [0.2, 0.25) is 5.15 Å². The molecule has 2 unspecified atom stereocenters. The first-order chi connectivity index (χ1) is 9.00. The second-order valence-corrected chi connectivity index (χ2v) is 5.46. The number of aromatic nitrogens is 2. The predicted octanol–water partition coefficient (Wildman–Crippen LogP) is 1.85. The van der Waals surface area contributed by atoms with Gasteiger partial charge >= 0.3 is 0 Å². The van der Waals surface area contributed by atoms with Gasteiger partial charge in [-0.1, -0.05) is 11.6 Å². The number of hydrogen-bond acceptors (Lipinski definition) is 3. The summed E-state index contributed by atoms with van der Waals surface area (Å²) >= 11 is 5.94. The molecule has 5 nitrogen and oxygen atoms in total. The SMILES string of the molecule is CC1OCCCC1C(=O)N(C)Cc1ncc(Cl)n1C. The third-order valence-electron chi connectivity index (χ3n) is 3.71. The summed E-state index contributed by atoms with van der Waals surface area (Å²) < 4.78 is 7.33. The van der Waals surface area contributed by atoms with E-state index in [1.165, 1.54) is 0 Å². The zero-order chi connectivity index (χ0) is 14.0. The van der Waals surface area contributed by atoms with Gasteiger partial charge in [0.05, 0.1) is 24.8 Å². The van der Waals surface area contributed by atoms with Crippen molar-refractivity contribution < 1.29 is 9.53 Å². The predicted molar refractivity (Wildman–Crippen MR) is 72.8 cm³/mol. The van der Waals surface area contributed by atoms with Gasteiger partial charge in [0, 0.05) is 20.7 Å². The number of halogens is 1. The normalized spacial score (nSPS) is 23.4. The van der Waals surface area contributed by atoms with Crippen LogP contribution in [-0.2, 0) is 23.1 Å². The summed E-state index contributed by atoms with van der Waals surface area (Å²) in [7, 11) is 3.64. The van der Waals surface area contributed by atoms with E-state index in [-0.39, 0.29) is 17.9 Å². The van der Waals surface area contributed by atoms with Crippen LogP contribution >= 0.6 is 11.6 Å². The van der Waals surface area contributed by atoms with Crippen molar-refractivity contribution in [3.8, 4) is 0 Å². The molecule has 1 aromatic heterocycles. The summed E-state index contributed by atoms with van der Waals surface area (Å²) in [6.07, 6.45) is 3.43. The molecule has 1 amide bonds. The second-order valence-electron chi connectivity index (χ2n) is 5.08. The van der Waals surface area contributed by atoms with Crippen molar-refractivity contribution in [2.24, 2.45) is 13.0 Å². The molecule has 2 atom stereocenters. The Kier molecular flexibility index (Phi) is 4.47. The number of imidazole rings is 1. The van der Waals surface area contributed by atoms with Gasteiger partial charge in [-0.3, -0.25) is 4.79 Å². The first kappa shape index (κ1) is 14.3. The molecule has 0 N–H and O–H groups in total. The Balaban J connectivity index is 2.01. The zero-order valence-corrected chi connectivity index (χ0v) is 12.4. The molecule has 1 fully saturated rings. The average molecular weight is 286 g/mol. The lowest BCUT2D eigenvalue weighted by molar-refractivity contribution is -0.143. The van der Waals surface area contributed by atoms with Crippen LogP contribution in [-0.4, -0.2) is 40.1 Å². The van der Waals surface area contributed by atoms with Gasteiger partial charge in [0.15, 0.2) is 0 Å². The minimum Gasteiger partial charge on any atom is -0.378 e. The highest BCUT2D eigenvalue weighted by Gasteiger charge is 2.31. The Hall–Kier alpha value is -1.07. The van der Waals surface area contributed by atoms with Gasteiger partial charge in [-0.2, -0.15) is 0 Å². The van der Waals surface area contributed by atoms with E-state index >= 15 is 0 Å². The summed E-state index contributed by atoms with van der Waals surface area (Å²) in [5.74, 6) is 0.853. The van der Waals surface area contributed by atoms with Crippen LogP contribution in [0.4, 0.5) is 0 Å². The number of carbonyl (C=O) groups is 1. The van der Waals surface area contributed by atoms with E-state index in [4.69, 9.17) is 16.3 Å². The molecule has 106 valence electrons. The molecule has 0 aliphatic carbocycles. The van der Waals surface area contributed by atoms with Gasteiger partial charge in [0.1, 0.15) is 11.0 Å². The van der Waals surface area contributed by atoms with Crippen LogP contribution in [0.15, 0.2) is 6.20 Å². The van der Waals surface area contributed by atoms with E-state index in [2.05, 4.69) is 4.98 Å². The molecule has 0 spiro atoms. The summed E-state index contributed by atoms with van der Waals surface area (Å²) in [5.41, 5.74) is 0. The molecule has 1 aliphatic rings. The van der Waals surface area contributed by atoms with E-state index in [1.54, 1.807) is 22.7 Å². The Labute approximate surface area is 118 Å². The second kappa shape index (κ2) is 5.92. The van der Waals surface area contributed by atoms with Crippen molar-refractivity contribution in [2.45, 2.75) is 32.4 Å². The van der Waals surface area contributed by atoms with E-state index in [9.17, 15) is 4.79 Å². The fraction of sp³-hybridized carbons (Fsp3) is 0.692. The fourth-order valence-electron chi connectivity index (χ4n) is 2.39. The number of hydrogen-bond donors (Lipinski definition) is 0. The monoisotopic (exact) mass is 285 g/mol. The number of carbonyl (C=O) groups excluding carboxylic acids is 1. The maximum absolute atomic E-state index is 12.4. The average Bonchev–Trinajstić information content (AvgIpc) is 2.70. The molecule has 0 saturated carbocycles. The van der Waals surface area contributed by atoms with Gasteiger partial charge in [0.25, 0.3) is 0 Å². The molecular weight excluding hydrogens is 266 g/mol. The van der Waals surface area contributed by atoms with Gasteiger partial charge in [-0.15, -0.1) is 0 Å². The van der Waals surface area contributed by atoms with E-state index in [0.29, 0.717) is 11.7 Å². The molecule has 0 bridgehead atoms. The van der Waals surface area contributed by atoms with Crippen molar-refractivity contribution in [2.75, 3.05) is 13.7 Å². The van der Waals surface area contributed by atoms with Crippen LogP contribution in [0.3, 0.4) is 0 Å². The fourth-order valence-corrected chi connectivity index (χ4v) is 2.54. The molecule has 2 heterocycles. The number of ether oxygens (including phenoxy) is 1. The molecule has 19 heavy (non-hydrogen) atoms. The molecule has 1 aliphatic heterocycles. The minimum atomic E-state index is -0.0468. The van der Waals surface area contributed by atoms with Gasteiger partial charge < -0.3 is 14.2 Å². The van der Waals surface area contributed by atoms with E-state index in [0.717, 1.165) is 25.3 Å². The van der Waals surface area contributed by atoms with Crippen molar-refractivity contribution in [1.82, 2.24) is 14.5 Å². The van der Waals surface area contributed by atoms with Crippen molar-refractivity contribution in [3.63, 3.8) is 0 Å². The van der Waals surface area contributed by atoms with Crippen molar-refractivity contribution >= 4 is 17.5 Å². The Bertz CT molecular complexity index is 461. The van der Waals surface area contributed by atoms with Crippen LogP contribution in [0.5, 0.6) is 0 Å². The largest absolute Gasteiger partial charge is 0.378 e. The van der Waals surface area contributed by atoms with Gasteiger partial charge in [0.2, 0.25) is 5.91 Å². The Morgan fingerprint density at radius 2 is 2.42 bits per heavy atom. The smallest absolute Gasteiger partial charge is 0.228 e. The molecule has 2 rings (SSSR count). The lowest BCUT2D eigenvalue weighted by atomic mass is 9.94. The van der Waals surface area contributed by atoms with Crippen LogP contribution in [0.1, 0.15) is 25.6 Å². The Morgan fingerprint density at radius 1 is 1.68 bits per heavy atom. The maximum Gasteiger partial charge on any atom is 0.228 e. The number of rotatable bonds is 3. The highest BCUT2D eigenvalue weighted by molar-refractivity contribution is 6.29. The van der Waals surface area contributed by atoms with Crippen LogP contribution in [0, 0.1) is 5.92 Å². The van der Waals surface area contributed by atoms with E-state index < -0.39 is 0 Å². The lowest BCUT2D eigenvalue weighted by Crippen LogP contribution is -2.41. The highest BCUT2D eigenvalue weighted by atomic mass is 35.5.